The molecule has 1 aliphatic rings. The van der Waals surface area contributed by atoms with Crippen molar-refractivity contribution >= 4 is 11.9 Å². The summed E-state index contributed by atoms with van der Waals surface area (Å²) in [7, 11) is 0. The Morgan fingerprint density at radius 3 is 2.21 bits per heavy atom. The quantitative estimate of drug-likeness (QED) is 0.875. The number of urea groups is 1. The predicted molar refractivity (Wildman–Crippen MR) is 111 cm³/mol. The van der Waals surface area contributed by atoms with E-state index in [0.717, 1.165) is 6.42 Å². The first-order chi connectivity index (χ1) is 13.5. The van der Waals surface area contributed by atoms with Gasteiger partial charge in [-0.1, -0.05) is 48.9 Å². The molecule has 1 N–H and O–H groups in total. The third-order valence-electron chi connectivity index (χ3n) is 5.38. The smallest absolute Gasteiger partial charge is 0.318 e. The Bertz CT molecular complexity index is 827. The third kappa shape index (κ3) is 4.53. The summed E-state index contributed by atoms with van der Waals surface area (Å²) in [6.45, 7) is 8.46. The van der Waals surface area contributed by atoms with E-state index in [-0.39, 0.29) is 18.0 Å². The number of amides is 3. The zero-order valence-corrected chi connectivity index (χ0v) is 16.9. The minimum absolute atomic E-state index is 0.00270. The van der Waals surface area contributed by atoms with E-state index in [9.17, 15) is 9.59 Å². The third-order valence-corrected chi connectivity index (χ3v) is 5.38. The van der Waals surface area contributed by atoms with Gasteiger partial charge in [-0.05, 0) is 43.5 Å². The van der Waals surface area contributed by atoms with Crippen molar-refractivity contribution in [3.63, 3.8) is 0 Å². The molecule has 1 heterocycles. The largest absolute Gasteiger partial charge is 0.335 e. The molecule has 1 aliphatic heterocycles. The molecule has 3 rings (SSSR count). The normalized spacial score (nSPS) is 15.2. The van der Waals surface area contributed by atoms with E-state index < -0.39 is 0 Å². The van der Waals surface area contributed by atoms with Gasteiger partial charge in [0.1, 0.15) is 0 Å². The maximum atomic E-state index is 12.8. The number of piperazine rings is 1. The molecule has 2 aromatic rings. The van der Waals surface area contributed by atoms with Gasteiger partial charge in [0.15, 0.2) is 0 Å². The van der Waals surface area contributed by atoms with Crippen molar-refractivity contribution in [1.82, 2.24) is 15.1 Å². The van der Waals surface area contributed by atoms with Gasteiger partial charge in [0.25, 0.3) is 5.91 Å². The fraction of sp³-hybridized carbons (Fsp3) is 0.391. The number of aryl methyl sites for hydroxylation is 2. The number of nitrogens with one attached hydrogen (secondary N) is 1. The molecule has 1 saturated heterocycles. The van der Waals surface area contributed by atoms with Crippen molar-refractivity contribution in [1.29, 1.82) is 0 Å². The van der Waals surface area contributed by atoms with Gasteiger partial charge >= 0.3 is 6.03 Å². The molecule has 3 amide bonds. The molecular weight excluding hydrogens is 350 g/mol. The van der Waals surface area contributed by atoms with Crippen molar-refractivity contribution in [2.45, 2.75) is 33.2 Å². The van der Waals surface area contributed by atoms with Crippen LogP contribution in [0.1, 0.15) is 46.4 Å². The van der Waals surface area contributed by atoms with E-state index in [2.05, 4.69) is 44.3 Å². The lowest BCUT2D eigenvalue weighted by Gasteiger charge is -2.35. The van der Waals surface area contributed by atoms with Crippen LogP contribution < -0.4 is 5.32 Å². The molecule has 1 atom stereocenters. The molecular formula is C23H29N3O2. The van der Waals surface area contributed by atoms with Crippen molar-refractivity contribution in [3.8, 4) is 0 Å². The highest BCUT2D eigenvalue weighted by Gasteiger charge is 2.26. The van der Waals surface area contributed by atoms with Crippen LogP contribution in [0.5, 0.6) is 0 Å². The first-order valence-corrected chi connectivity index (χ1v) is 9.96. The Hall–Kier alpha value is -2.82. The van der Waals surface area contributed by atoms with E-state index in [4.69, 9.17) is 0 Å². The van der Waals surface area contributed by atoms with Crippen LogP contribution in [0, 0.1) is 13.8 Å². The van der Waals surface area contributed by atoms with E-state index in [1.807, 2.05) is 35.2 Å². The van der Waals surface area contributed by atoms with Crippen LogP contribution in [0.2, 0.25) is 0 Å². The number of benzene rings is 2. The zero-order chi connectivity index (χ0) is 20.1. The van der Waals surface area contributed by atoms with Crippen LogP contribution in [0.25, 0.3) is 0 Å². The highest BCUT2D eigenvalue weighted by Crippen LogP contribution is 2.22. The molecule has 148 valence electrons. The number of rotatable bonds is 4. The van der Waals surface area contributed by atoms with E-state index >= 15 is 0 Å². The second-order valence-corrected chi connectivity index (χ2v) is 7.42. The summed E-state index contributed by atoms with van der Waals surface area (Å²) in [6, 6.07) is 15.6. The Labute approximate surface area is 167 Å². The number of hydrogen-bond donors (Lipinski definition) is 1. The van der Waals surface area contributed by atoms with Gasteiger partial charge in [-0.15, -0.1) is 0 Å². The lowest BCUT2D eigenvalue weighted by Crippen LogP contribution is -2.53. The van der Waals surface area contributed by atoms with Crippen LogP contribution in [0.15, 0.2) is 48.5 Å². The molecule has 1 fully saturated rings. The SMILES string of the molecule is CC[C@H](NC(=O)N1CCN(C(=O)c2ccccc2)CC1)c1ccc(C)cc1C. The summed E-state index contributed by atoms with van der Waals surface area (Å²) in [4.78, 5) is 29.0. The Morgan fingerprint density at radius 2 is 1.61 bits per heavy atom. The summed E-state index contributed by atoms with van der Waals surface area (Å²) >= 11 is 0. The van der Waals surface area contributed by atoms with Crippen LogP contribution in [-0.2, 0) is 0 Å². The van der Waals surface area contributed by atoms with E-state index in [1.165, 1.54) is 16.7 Å². The van der Waals surface area contributed by atoms with Crippen LogP contribution >= 0.6 is 0 Å². The molecule has 5 heteroatoms. The van der Waals surface area contributed by atoms with Crippen molar-refractivity contribution in [3.05, 3.63) is 70.8 Å². The van der Waals surface area contributed by atoms with Gasteiger partial charge in [0.2, 0.25) is 0 Å². The van der Waals surface area contributed by atoms with Gasteiger partial charge in [-0.2, -0.15) is 0 Å². The molecule has 0 spiro atoms. The molecule has 0 saturated carbocycles. The highest BCUT2D eigenvalue weighted by molar-refractivity contribution is 5.94. The summed E-state index contributed by atoms with van der Waals surface area (Å²) in [5.74, 6) is 0.0300. The van der Waals surface area contributed by atoms with E-state index in [1.54, 1.807) is 4.90 Å². The van der Waals surface area contributed by atoms with Crippen LogP contribution in [0.3, 0.4) is 0 Å². The van der Waals surface area contributed by atoms with Gasteiger partial charge in [0.05, 0.1) is 6.04 Å². The Morgan fingerprint density at radius 1 is 0.964 bits per heavy atom. The molecule has 2 aromatic carbocycles. The highest BCUT2D eigenvalue weighted by atomic mass is 16.2. The van der Waals surface area contributed by atoms with Crippen LogP contribution in [-0.4, -0.2) is 47.9 Å². The van der Waals surface area contributed by atoms with Gasteiger partial charge in [-0.25, -0.2) is 4.79 Å². The van der Waals surface area contributed by atoms with Crippen molar-refractivity contribution in [2.24, 2.45) is 0 Å². The maximum absolute atomic E-state index is 12.8. The van der Waals surface area contributed by atoms with E-state index in [0.29, 0.717) is 31.7 Å². The minimum Gasteiger partial charge on any atom is -0.335 e. The number of nitrogens with zero attached hydrogens (tertiary/aromatic N) is 2. The predicted octanol–water partition coefficient (Wildman–Crippen LogP) is 3.92. The van der Waals surface area contributed by atoms with Gasteiger partial charge in [-0.3, -0.25) is 4.79 Å². The lowest BCUT2D eigenvalue weighted by molar-refractivity contribution is 0.0663. The summed E-state index contributed by atoms with van der Waals surface area (Å²) in [6.07, 6.45) is 0.835. The zero-order valence-electron chi connectivity index (χ0n) is 16.9. The molecule has 0 aromatic heterocycles. The number of carbonyl (C=O) groups is 2. The van der Waals surface area contributed by atoms with Gasteiger partial charge in [0, 0.05) is 31.7 Å². The Balaban J connectivity index is 1.58. The molecule has 0 bridgehead atoms. The summed E-state index contributed by atoms with van der Waals surface area (Å²) in [5.41, 5.74) is 4.28. The minimum atomic E-state index is -0.0568. The molecule has 5 nitrogen and oxygen atoms in total. The summed E-state index contributed by atoms with van der Waals surface area (Å²) in [5, 5.41) is 3.17. The van der Waals surface area contributed by atoms with Crippen molar-refractivity contribution in [2.75, 3.05) is 26.2 Å². The average molecular weight is 380 g/mol. The molecule has 0 unspecified atom stereocenters. The number of hydrogen-bond acceptors (Lipinski definition) is 2. The maximum Gasteiger partial charge on any atom is 0.318 e. The molecule has 0 aliphatic carbocycles. The van der Waals surface area contributed by atoms with Crippen LogP contribution in [0.4, 0.5) is 4.79 Å². The van der Waals surface area contributed by atoms with Crippen molar-refractivity contribution < 1.29 is 9.59 Å². The average Bonchev–Trinajstić information content (AvgIpc) is 2.72. The summed E-state index contributed by atoms with van der Waals surface area (Å²) < 4.78 is 0. The Kier molecular flexibility index (Phi) is 6.34. The number of carbonyl (C=O) groups excluding carboxylic acids is 2. The fourth-order valence-corrected chi connectivity index (χ4v) is 3.73. The standard InChI is InChI=1S/C23H29N3O2/c1-4-21(20-11-10-17(2)16-18(20)3)24-23(28)26-14-12-25(13-15-26)22(27)19-8-6-5-7-9-19/h5-11,16,21H,4,12-15H2,1-3H3,(H,24,28)/t21-/m0/s1. The lowest BCUT2D eigenvalue weighted by atomic mass is 9.97. The fourth-order valence-electron chi connectivity index (χ4n) is 3.73. The molecule has 28 heavy (non-hydrogen) atoms. The van der Waals surface area contributed by atoms with Gasteiger partial charge < -0.3 is 15.1 Å². The first-order valence-electron chi connectivity index (χ1n) is 9.96. The topological polar surface area (TPSA) is 52.7 Å². The second-order valence-electron chi connectivity index (χ2n) is 7.42. The second kappa shape index (κ2) is 8.91. The molecule has 0 radical (unpaired) electrons. The first kappa shape index (κ1) is 19.9. The monoisotopic (exact) mass is 379 g/mol.